The van der Waals surface area contributed by atoms with Gasteiger partial charge in [-0.05, 0) is 37.0 Å². The zero-order chi connectivity index (χ0) is 15.5. The number of anilines is 1. The van der Waals surface area contributed by atoms with Gasteiger partial charge in [-0.25, -0.2) is 0 Å². The van der Waals surface area contributed by atoms with Crippen molar-refractivity contribution in [2.75, 3.05) is 25.1 Å². The van der Waals surface area contributed by atoms with E-state index in [1.165, 1.54) is 18.9 Å². The minimum atomic E-state index is -4.42. The van der Waals surface area contributed by atoms with E-state index in [9.17, 15) is 18.3 Å². The van der Waals surface area contributed by atoms with Crippen LogP contribution in [0, 0.1) is 5.92 Å². The van der Waals surface area contributed by atoms with Crippen LogP contribution in [-0.2, 0) is 10.9 Å². The number of aliphatic hydroxyl groups is 1. The third kappa shape index (κ3) is 5.37. The van der Waals surface area contributed by atoms with Crippen LogP contribution in [0.15, 0.2) is 18.2 Å². The molecule has 0 aliphatic heterocycles. The molecule has 1 saturated carbocycles. The average molecular weight is 324 g/mol. The molecule has 1 aliphatic carbocycles. The highest BCUT2D eigenvalue weighted by Crippen LogP contribution is 2.33. The smallest absolute Gasteiger partial charge is 0.389 e. The minimum Gasteiger partial charge on any atom is -0.389 e. The lowest BCUT2D eigenvalue weighted by atomic mass is 10.2. The highest BCUT2D eigenvalue weighted by Gasteiger charge is 2.30. The molecule has 0 aromatic heterocycles. The van der Waals surface area contributed by atoms with Crippen molar-refractivity contribution >= 4 is 17.3 Å². The van der Waals surface area contributed by atoms with Crippen LogP contribution >= 0.6 is 11.6 Å². The van der Waals surface area contributed by atoms with Gasteiger partial charge in [0.25, 0.3) is 0 Å². The molecular formula is C14H17ClF3NO2. The molecule has 0 bridgehead atoms. The van der Waals surface area contributed by atoms with Gasteiger partial charge in [-0.2, -0.15) is 13.2 Å². The topological polar surface area (TPSA) is 41.5 Å². The number of hydrogen-bond acceptors (Lipinski definition) is 3. The van der Waals surface area contributed by atoms with E-state index in [1.807, 2.05) is 0 Å². The van der Waals surface area contributed by atoms with Crippen molar-refractivity contribution in [3.05, 3.63) is 28.8 Å². The number of nitrogens with one attached hydrogen (secondary N) is 1. The number of rotatable bonds is 7. The summed E-state index contributed by atoms with van der Waals surface area (Å²) >= 11 is 5.80. The van der Waals surface area contributed by atoms with Crippen LogP contribution < -0.4 is 5.32 Å². The predicted molar refractivity (Wildman–Crippen MR) is 74.5 cm³/mol. The molecule has 0 spiro atoms. The van der Waals surface area contributed by atoms with E-state index in [0.717, 1.165) is 12.1 Å². The quantitative estimate of drug-likeness (QED) is 0.806. The first-order chi connectivity index (χ1) is 9.86. The molecule has 0 heterocycles. The fraction of sp³-hybridized carbons (Fsp3) is 0.571. The molecule has 0 saturated heterocycles. The Morgan fingerprint density at radius 3 is 2.67 bits per heavy atom. The third-order valence-corrected chi connectivity index (χ3v) is 3.50. The number of benzene rings is 1. The molecule has 1 unspecified atom stereocenters. The van der Waals surface area contributed by atoms with Crippen molar-refractivity contribution < 1.29 is 23.0 Å². The Morgan fingerprint density at radius 1 is 1.38 bits per heavy atom. The van der Waals surface area contributed by atoms with Crippen molar-refractivity contribution in [2.45, 2.75) is 25.1 Å². The lowest BCUT2D eigenvalue weighted by Gasteiger charge is -2.15. The van der Waals surface area contributed by atoms with Crippen LogP contribution in [0.4, 0.5) is 18.9 Å². The number of ether oxygens (including phenoxy) is 1. The Labute approximate surface area is 126 Å². The van der Waals surface area contributed by atoms with Crippen LogP contribution in [0.2, 0.25) is 5.02 Å². The van der Waals surface area contributed by atoms with Crippen LogP contribution in [0.1, 0.15) is 18.4 Å². The van der Waals surface area contributed by atoms with Crippen LogP contribution in [-0.4, -0.2) is 31.0 Å². The molecule has 1 aromatic carbocycles. The average Bonchev–Trinajstić information content (AvgIpc) is 3.20. The second kappa shape index (κ2) is 6.85. The summed E-state index contributed by atoms with van der Waals surface area (Å²) in [7, 11) is 0. The summed E-state index contributed by atoms with van der Waals surface area (Å²) in [5, 5.41) is 12.5. The van der Waals surface area contributed by atoms with Crippen LogP contribution in [0.25, 0.3) is 0 Å². The maximum Gasteiger partial charge on any atom is 0.416 e. The zero-order valence-electron chi connectivity index (χ0n) is 11.3. The molecule has 21 heavy (non-hydrogen) atoms. The third-order valence-electron chi connectivity index (χ3n) is 3.19. The molecule has 1 atom stereocenters. The first kappa shape index (κ1) is 16.4. The highest BCUT2D eigenvalue weighted by atomic mass is 35.5. The standard InChI is InChI=1S/C14H17ClF3NO2/c15-12-5-10(14(16,17)18)3-4-13(12)19-6-11(20)8-21-7-9-1-2-9/h3-5,9,11,19-20H,1-2,6-8H2. The van der Waals surface area contributed by atoms with Gasteiger partial charge in [-0.15, -0.1) is 0 Å². The first-order valence-electron chi connectivity index (χ1n) is 6.72. The molecule has 0 radical (unpaired) electrons. The van der Waals surface area contributed by atoms with Gasteiger partial charge in [0.1, 0.15) is 0 Å². The lowest BCUT2D eigenvalue weighted by Crippen LogP contribution is -2.25. The van der Waals surface area contributed by atoms with E-state index < -0.39 is 17.8 Å². The Kier molecular flexibility index (Phi) is 5.35. The fourth-order valence-electron chi connectivity index (χ4n) is 1.78. The molecule has 2 rings (SSSR count). The minimum absolute atomic E-state index is 0.0316. The Balaban J connectivity index is 1.79. The van der Waals surface area contributed by atoms with Gasteiger partial charge in [0, 0.05) is 13.2 Å². The van der Waals surface area contributed by atoms with Crippen molar-refractivity contribution in [1.29, 1.82) is 0 Å². The summed E-state index contributed by atoms with van der Waals surface area (Å²) in [6, 6.07) is 3.06. The van der Waals surface area contributed by atoms with E-state index in [-0.39, 0.29) is 18.2 Å². The van der Waals surface area contributed by atoms with Crippen molar-refractivity contribution in [3.63, 3.8) is 0 Å². The van der Waals surface area contributed by atoms with Gasteiger partial charge in [0.05, 0.1) is 29.0 Å². The normalized spacial score (nSPS) is 16.8. The van der Waals surface area contributed by atoms with Crippen molar-refractivity contribution in [2.24, 2.45) is 5.92 Å². The molecule has 7 heteroatoms. The largest absolute Gasteiger partial charge is 0.416 e. The summed E-state index contributed by atoms with van der Waals surface area (Å²) in [6.45, 7) is 1.01. The van der Waals surface area contributed by atoms with E-state index in [4.69, 9.17) is 16.3 Å². The maximum absolute atomic E-state index is 12.5. The zero-order valence-corrected chi connectivity index (χ0v) is 12.0. The van der Waals surface area contributed by atoms with E-state index in [0.29, 0.717) is 18.2 Å². The summed E-state index contributed by atoms with van der Waals surface area (Å²) in [5.41, 5.74) is -0.447. The SMILES string of the molecule is OC(CNc1ccc(C(F)(F)F)cc1Cl)COCC1CC1. The Hall–Kier alpha value is -0.980. The summed E-state index contributed by atoms with van der Waals surface area (Å²) in [5.74, 6) is 0.620. The van der Waals surface area contributed by atoms with Gasteiger partial charge in [-0.1, -0.05) is 11.6 Å². The molecule has 1 fully saturated rings. The van der Waals surface area contributed by atoms with Gasteiger partial charge >= 0.3 is 6.18 Å². The van der Waals surface area contributed by atoms with E-state index >= 15 is 0 Å². The molecule has 1 aromatic rings. The monoisotopic (exact) mass is 323 g/mol. The molecule has 3 nitrogen and oxygen atoms in total. The van der Waals surface area contributed by atoms with Gasteiger partial charge in [0.2, 0.25) is 0 Å². The first-order valence-corrected chi connectivity index (χ1v) is 7.10. The Bertz CT molecular complexity index is 478. The second-order valence-corrected chi connectivity index (χ2v) is 5.62. The summed E-state index contributed by atoms with van der Waals surface area (Å²) in [6.07, 6.45) is -2.80. The summed E-state index contributed by atoms with van der Waals surface area (Å²) in [4.78, 5) is 0. The lowest BCUT2D eigenvalue weighted by molar-refractivity contribution is -0.137. The van der Waals surface area contributed by atoms with Gasteiger partial charge in [-0.3, -0.25) is 0 Å². The molecule has 0 amide bonds. The van der Waals surface area contributed by atoms with Crippen LogP contribution in [0.3, 0.4) is 0 Å². The maximum atomic E-state index is 12.5. The number of hydrogen-bond donors (Lipinski definition) is 2. The molecule has 1 aliphatic rings. The summed E-state index contributed by atoms with van der Waals surface area (Å²) < 4.78 is 42.8. The van der Waals surface area contributed by atoms with E-state index in [2.05, 4.69) is 5.32 Å². The Morgan fingerprint density at radius 2 is 2.10 bits per heavy atom. The molecule has 2 N–H and O–H groups in total. The number of alkyl halides is 3. The fourth-order valence-corrected chi connectivity index (χ4v) is 2.02. The van der Waals surface area contributed by atoms with Crippen molar-refractivity contribution in [1.82, 2.24) is 0 Å². The number of aliphatic hydroxyl groups excluding tert-OH is 1. The highest BCUT2D eigenvalue weighted by molar-refractivity contribution is 6.33. The second-order valence-electron chi connectivity index (χ2n) is 5.21. The van der Waals surface area contributed by atoms with Gasteiger partial charge in [0.15, 0.2) is 0 Å². The molecule has 118 valence electrons. The number of halogens is 4. The van der Waals surface area contributed by atoms with Crippen molar-refractivity contribution in [3.8, 4) is 0 Å². The van der Waals surface area contributed by atoms with Gasteiger partial charge < -0.3 is 15.2 Å². The van der Waals surface area contributed by atoms with E-state index in [1.54, 1.807) is 0 Å². The predicted octanol–water partition coefficient (Wildman–Crippen LogP) is 3.56. The van der Waals surface area contributed by atoms with Crippen LogP contribution in [0.5, 0.6) is 0 Å². The molecular weight excluding hydrogens is 307 g/mol.